The smallest absolute Gasteiger partial charge is 0.309 e. The number of aryl methyl sites for hydroxylation is 1. The summed E-state index contributed by atoms with van der Waals surface area (Å²) in [5, 5.41) is 8.96. The first-order chi connectivity index (χ1) is 13.1. The number of nitrogens with zero attached hydrogens (tertiary/aromatic N) is 1. The van der Waals surface area contributed by atoms with Gasteiger partial charge in [0.2, 0.25) is 0 Å². The normalized spacial score (nSPS) is 16.3. The van der Waals surface area contributed by atoms with E-state index in [9.17, 15) is 4.79 Å². The third-order valence-electron chi connectivity index (χ3n) is 4.92. The highest BCUT2D eigenvalue weighted by Crippen LogP contribution is 2.28. The van der Waals surface area contributed by atoms with Crippen LogP contribution in [-0.2, 0) is 4.79 Å². The van der Waals surface area contributed by atoms with Crippen LogP contribution in [0.3, 0.4) is 0 Å². The maximum atomic E-state index is 10.9. The molecule has 4 rings (SSSR count). The van der Waals surface area contributed by atoms with Gasteiger partial charge in [0.1, 0.15) is 12.4 Å². The first-order valence-corrected chi connectivity index (χ1v) is 9.07. The van der Waals surface area contributed by atoms with E-state index in [1.165, 1.54) is 11.1 Å². The van der Waals surface area contributed by atoms with E-state index in [0.717, 1.165) is 29.0 Å². The fraction of sp³-hybridized carbons (Fsp3) is 0.261. The van der Waals surface area contributed by atoms with Crippen molar-refractivity contribution < 1.29 is 14.6 Å². The number of hydrogen-bond donors (Lipinski definition) is 1. The van der Waals surface area contributed by atoms with Gasteiger partial charge in [-0.05, 0) is 42.8 Å². The highest BCUT2D eigenvalue weighted by Gasteiger charge is 2.32. The Morgan fingerprint density at radius 2 is 1.85 bits per heavy atom. The lowest BCUT2D eigenvalue weighted by molar-refractivity contribution is -0.147. The number of hydrogen-bond acceptors (Lipinski definition) is 3. The van der Waals surface area contributed by atoms with Crippen LogP contribution >= 0.6 is 0 Å². The predicted octanol–water partition coefficient (Wildman–Crippen LogP) is 3.19. The van der Waals surface area contributed by atoms with Gasteiger partial charge >= 0.3 is 5.97 Å². The number of likely N-dealkylation sites (tertiary alicyclic amines) is 1. The van der Waals surface area contributed by atoms with Crippen LogP contribution in [-0.4, -0.2) is 42.2 Å². The van der Waals surface area contributed by atoms with Crippen molar-refractivity contribution in [3.05, 3.63) is 70.3 Å². The van der Waals surface area contributed by atoms with Crippen LogP contribution in [0.15, 0.2) is 48.0 Å². The van der Waals surface area contributed by atoms with Gasteiger partial charge in [-0.3, -0.25) is 9.69 Å². The summed E-state index contributed by atoms with van der Waals surface area (Å²) in [5.74, 6) is 6.30. The number of carboxylic acid groups (broad SMARTS) is 1. The van der Waals surface area contributed by atoms with E-state index in [0.29, 0.717) is 19.7 Å². The average Bonchev–Trinajstić information content (AvgIpc) is 2.63. The lowest BCUT2D eigenvalue weighted by Crippen LogP contribution is -2.51. The molecule has 2 aliphatic heterocycles. The molecule has 136 valence electrons. The topological polar surface area (TPSA) is 49.8 Å². The molecule has 2 aromatic rings. The van der Waals surface area contributed by atoms with E-state index in [1.807, 2.05) is 30.3 Å². The van der Waals surface area contributed by atoms with E-state index < -0.39 is 5.97 Å². The first kappa shape index (κ1) is 17.4. The summed E-state index contributed by atoms with van der Waals surface area (Å²) in [7, 11) is 0. The molecule has 0 spiro atoms. The number of carboxylic acids is 1. The zero-order valence-corrected chi connectivity index (χ0v) is 15.2. The van der Waals surface area contributed by atoms with Crippen molar-refractivity contribution in [3.63, 3.8) is 0 Å². The zero-order chi connectivity index (χ0) is 18.8. The number of carbonyl (C=O) groups is 1. The molecule has 0 saturated carbocycles. The molecule has 0 bridgehead atoms. The van der Waals surface area contributed by atoms with Gasteiger partial charge in [0, 0.05) is 36.3 Å². The van der Waals surface area contributed by atoms with Crippen LogP contribution in [0.2, 0.25) is 0 Å². The summed E-state index contributed by atoms with van der Waals surface area (Å²) in [6, 6.07) is 14.2. The molecule has 0 aliphatic carbocycles. The Labute approximate surface area is 159 Å². The average molecular weight is 359 g/mol. The van der Waals surface area contributed by atoms with E-state index >= 15 is 0 Å². The van der Waals surface area contributed by atoms with Gasteiger partial charge < -0.3 is 9.84 Å². The number of ether oxygens (including phenoxy) is 1. The SMILES string of the molecule is Cc1ccc(C#Cc2ccc3c(c2)OCC(CN2CC(C(=O)O)C2)=C3)cc1. The molecule has 1 N–H and O–H groups in total. The van der Waals surface area contributed by atoms with Crippen molar-refractivity contribution in [2.45, 2.75) is 6.92 Å². The molecule has 4 nitrogen and oxygen atoms in total. The van der Waals surface area contributed by atoms with Gasteiger partial charge in [0.15, 0.2) is 0 Å². The van der Waals surface area contributed by atoms with Gasteiger partial charge in [-0.2, -0.15) is 0 Å². The van der Waals surface area contributed by atoms with Gasteiger partial charge in [0.05, 0.1) is 5.92 Å². The largest absolute Gasteiger partial charge is 0.489 e. The van der Waals surface area contributed by atoms with Gasteiger partial charge in [-0.15, -0.1) is 0 Å². The van der Waals surface area contributed by atoms with Crippen LogP contribution in [0.4, 0.5) is 0 Å². The van der Waals surface area contributed by atoms with Crippen molar-refractivity contribution in [1.29, 1.82) is 0 Å². The maximum absolute atomic E-state index is 10.9. The van der Waals surface area contributed by atoms with Crippen LogP contribution in [0.5, 0.6) is 5.75 Å². The van der Waals surface area contributed by atoms with E-state index in [-0.39, 0.29) is 5.92 Å². The summed E-state index contributed by atoms with van der Waals surface area (Å²) >= 11 is 0. The third-order valence-corrected chi connectivity index (χ3v) is 4.92. The van der Waals surface area contributed by atoms with Crippen molar-refractivity contribution in [1.82, 2.24) is 4.90 Å². The number of aliphatic carboxylic acids is 1. The lowest BCUT2D eigenvalue weighted by Gasteiger charge is -2.37. The Bertz CT molecular complexity index is 957. The van der Waals surface area contributed by atoms with Crippen LogP contribution in [0.1, 0.15) is 22.3 Å². The molecule has 27 heavy (non-hydrogen) atoms. The first-order valence-electron chi connectivity index (χ1n) is 9.07. The molecule has 2 aliphatic rings. The summed E-state index contributed by atoms with van der Waals surface area (Å²) in [6.07, 6.45) is 2.14. The lowest BCUT2D eigenvalue weighted by atomic mass is 9.98. The molecule has 2 aromatic carbocycles. The molecular weight excluding hydrogens is 338 g/mol. The second-order valence-corrected chi connectivity index (χ2v) is 7.19. The molecule has 1 saturated heterocycles. The van der Waals surface area contributed by atoms with Crippen LogP contribution in [0, 0.1) is 24.7 Å². The minimum Gasteiger partial charge on any atom is -0.489 e. The van der Waals surface area contributed by atoms with E-state index in [2.05, 4.69) is 41.9 Å². The zero-order valence-electron chi connectivity index (χ0n) is 15.2. The monoisotopic (exact) mass is 359 g/mol. The van der Waals surface area contributed by atoms with E-state index in [1.54, 1.807) is 0 Å². The van der Waals surface area contributed by atoms with Crippen LogP contribution < -0.4 is 4.74 Å². The molecule has 0 atom stereocenters. The highest BCUT2D eigenvalue weighted by atomic mass is 16.5. The molecule has 4 heteroatoms. The quantitative estimate of drug-likeness (QED) is 0.855. The van der Waals surface area contributed by atoms with Gasteiger partial charge in [-0.1, -0.05) is 35.6 Å². The molecule has 2 heterocycles. The summed E-state index contributed by atoms with van der Waals surface area (Å²) < 4.78 is 5.91. The fourth-order valence-corrected chi connectivity index (χ4v) is 3.30. The minimum atomic E-state index is -0.704. The summed E-state index contributed by atoms with van der Waals surface area (Å²) in [5.41, 5.74) is 5.37. The van der Waals surface area contributed by atoms with Crippen LogP contribution in [0.25, 0.3) is 6.08 Å². The van der Waals surface area contributed by atoms with Crippen molar-refractivity contribution >= 4 is 12.0 Å². The molecule has 0 aromatic heterocycles. The number of benzene rings is 2. The van der Waals surface area contributed by atoms with Crippen molar-refractivity contribution in [2.75, 3.05) is 26.2 Å². The maximum Gasteiger partial charge on any atom is 0.309 e. The Balaban J connectivity index is 1.43. The highest BCUT2D eigenvalue weighted by molar-refractivity contribution is 5.71. The third kappa shape index (κ3) is 4.05. The van der Waals surface area contributed by atoms with E-state index in [4.69, 9.17) is 9.84 Å². The molecule has 0 amide bonds. The second kappa shape index (κ2) is 7.30. The summed E-state index contributed by atoms with van der Waals surface area (Å²) in [6.45, 7) is 4.60. The molecular formula is C23H21NO3. The second-order valence-electron chi connectivity index (χ2n) is 7.19. The summed E-state index contributed by atoms with van der Waals surface area (Å²) in [4.78, 5) is 13.0. The van der Waals surface area contributed by atoms with Gasteiger partial charge in [-0.25, -0.2) is 0 Å². The Morgan fingerprint density at radius 1 is 1.15 bits per heavy atom. The standard InChI is InChI=1S/C23H21NO3/c1-16-2-4-17(5-3-16)6-7-18-8-9-20-10-19(15-27-22(20)11-18)12-24-13-21(14-24)23(25)26/h2-5,8-11,21H,12-15H2,1H3,(H,25,26). The predicted molar refractivity (Wildman–Crippen MR) is 105 cm³/mol. The number of fused-ring (bicyclic) bond motifs is 1. The number of rotatable bonds is 3. The Morgan fingerprint density at radius 3 is 2.59 bits per heavy atom. The minimum absolute atomic E-state index is 0.225. The Hall–Kier alpha value is -3.03. The van der Waals surface area contributed by atoms with Gasteiger partial charge in [0.25, 0.3) is 0 Å². The Kier molecular flexibility index (Phi) is 4.70. The fourth-order valence-electron chi connectivity index (χ4n) is 3.30. The van der Waals surface area contributed by atoms with Crippen molar-refractivity contribution in [2.24, 2.45) is 5.92 Å². The molecule has 1 fully saturated rings. The molecule has 0 radical (unpaired) electrons. The van der Waals surface area contributed by atoms with Crippen molar-refractivity contribution in [3.8, 4) is 17.6 Å². The molecule has 0 unspecified atom stereocenters.